The molecule has 4 nitrogen and oxygen atoms in total. The van der Waals surface area contributed by atoms with Gasteiger partial charge in [0, 0.05) is 16.9 Å². The molecule has 1 saturated heterocycles. The van der Waals surface area contributed by atoms with E-state index >= 15 is 0 Å². The molecule has 0 radical (unpaired) electrons. The van der Waals surface area contributed by atoms with E-state index in [-0.39, 0.29) is 17.2 Å². The summed E-state index contributed by atoms with van der Waals surface area (Å²) in [6, 6.07) is 21.4. The normalized spacial score (nSPS) is 16.0. The molecule has 0 aromatic heterocycles. The van der Waals surface area contributed by atoms with Crippen LogP contribution in [0.5, 0.6) is 0 Å². The summed E-state index contributed by atoms with van der Waals surface area (Å²) >= 11 is 1.61. The molecule has 3 aromatic carbocycles. The first-order valence-electron chi connectivity index (χ1n) is 9.92. The van der Waals surface area contributed by atoms with Crippen molar-refractivity contribution in [1.82, 2.24) is 0 Å². The van der Waals surface area contributed by atoms with Gasteiger partial charge in [-0.3, -0.25) is 14.5 Å². The zero-order valence-electron chi connectivity index (χ0n) is 17.3. The lowest BCUT2D eigenvalue weighted by atomic mass is 10.1. The minimum absolute atomic E-state index is 0.0996. The Hall–Kier alpha value is -3.05. The van der Waals surface area contributed by atoms with Gasteiger partial charge in [-0.15, -0.1) is 11.8 Å². The standard InChI is InChI=1S/C25H24N2O2S/c1-16-11-12-21(13-18(16)3)27-23(28)15-30-25(27)19-8-6-9-20(14-19)26-24(29)22-10-5-4-7-17(22)2/h4-14,25H,15H2,1-3H3,(H,26,29)/t25-/m0/s1. The van der Waals surface area contributed by atoms with Gasteiger partial charge in [-0.1, -0.05) is 36.4 Å². The molecular formula is C25H24N2O2S. The largest absolute Gasteiger partial charge is 0.322 e. The van der Waals surface area contributed by atoms with E-state index in [1.807, 2.05) is 66.4 Å². The molecule has 1 aliphatic heterocycles. The minimum Gasteiger partial charge on any atom is -0.322 e. The fraction of sp³-hybridized carbons (Fsp3) is 0.200. The number of carbonyl (C=O) groups is 2. The highest BCUT2D eigenvalue weighted by molar-refractivity contribution is 8.00. The van der Waals surface area contributed by atoms with Crippen LogP contribution in [0.25, 0.3) is 0 Å². The van der Waals surface area contributed by atoms with Crippen LogP contribution in [0.15, 0.2) is 66.7 Å². The summed E-state index contributed by atoms with van der Waals surface area (Å²) in [6.07, 6.45) is 0. The van der Waals surface area contributed by atoms with Crippen LogP contribution in [-0.4, -0.2) is 17.6 Å². The van der Waals surface area contributed by atoms with Crippen molar-refractivity contribution in [3.8, 4) is 0 Å². The predicted molar refractivity (Wildman–Crippen MR) is 124 cm³/mol. The van der Waals surface area contributed by atoms with Crippen molar-refractivity contribution in [3.63, 3.8) is 0 Å². The number of amides is 2. The van der Waals surface area contributed by atoms with Crippen LogP contribution in [0.3, 0.4) is 0 Å². The summed E-state index contributed by atoms with van der Waals surface area (Å²) < 4.78 is 0. The van der Waals surface area contributed by atoms with Crippen LogP contribution in [0, 0.1) is 20.8 Å². The van der Waals surface area contributed by atoms with Gasteiger partial charge in [0.1, 0.15) is 5.37 Å². The van der Waals surface area contributed by atoms with E-state index in [1.54, 1.807) is 11.8 Å². The lowest BCUT2D eigenvalue weighted by molar-refractivity contribution is -0.115. The van der Waals surface area contributed by atoms with Gasteiger partial charge in [0.15, 0.2) is 0 Å². The average molecular weight is 417 g/mol. The Kier molecular flexibility index (Phi) is 5.64. The van der Waals surface area contributed by atoms with Crippen LogP contribution in [0.1, 0.15) is 38.0 Å². The molecule has 0 spiro atoms. The molecule has 1 atom stereocenters. The van der Waals surface area contributed by atoms with Gasteiger partial charge in [-0.25, -0.2) is 0 Å². The third-order valence-corrected chi connectivity index (χ3v) is 6.67. The van der Waals surface area contributed by atoms with Crippen molar-refractivity contribution >= 4 is 35.0 Å². The second-order valence-electron chi connectivity index (χ2n) is 7.59. The van der Waals surface area contributed by atoms with E-state index in [4.69, 9.17) is 0 Å². The maximum Gasteiger partial charge on any atom is 0.255 e. The van der Waals surface area contributed by atoms with Crippen molar-refractivity contribution in [2.75, 3.05) is 16.0 Å². The zero-order valence-corrected chi connectivity index (χ0v) is 18.1. The quantitative estimate of drug-likeness (QED) is 0.598. The third-order valence-electron chi connectivity index (χ3n) is 5.46. The Labute approximate surface area is 181 Å². The summed E-state index contributed by atoms with van der Waals surface area (Å²) in [5.41, 5.74) is 6.58. The SMILES string of the molecule is Cc1ccc(N2C(=O)CS[C@H]2c2cccc(NC(=O)c3ccccc3C)c2)cc1C. The summed E-state index contributed by atoms with van der Waals surface area (Å²) in [7, 11) is 0. The topological polar surface area (TPSA) is 49.4 Å². The van der Waals surface area contributed by atoms with Gasteiger partial charge < -0.3 is 5.32 Å². The molecule has 0 bridgehead atoms. The molecule has 1 heterocycles. The van der Waals surface area contributed by atoms with Crippen molar-refractivity contribution in [1.29, 1.82) is 0 Å². The Bertz CT molecular complexity index is 1130. The van der Waals surface area contributed by atoms with Gasteiger partial charge in [0.2, 0.25) is 5.91 Å². The molecule has 3 aromatic rings. The molecule has 30 heavy (non-hydrogen) atoms. The van der Waals surface area contributed by atoms with Gasteiger partial charge in [-0.05, 0) is 73.4 Å². The highest BCUT2D eigenvalue weighted by Gasteiger charge is 2.34. The highest BCUT2D eigenvalue weighted by Crippen LogP contribution is 2.42. The highest BCUT2D eigenvalue weighted by atomic mass is 32.2. The molecule has 0 unspecified atom stereocenters. The molecule has 2 amide bonds. The number of carbonyl (C=O) groups excluding carboxylic acids is 2. The van der Waals surface area contributed by atoms with Crippen LogP contribution in [0.2, 0.25) is 0 Å². The number of rotatable bonds is 4. The molecule has 0 saturated carbocycles. The Morgan fingerprint density at radius 2 is 1.73 bits per heavy atom. The van der Waals surface area contributed by atoms with E-state index in [2.05, 4.69) is 31.3 Å². The number of aryl methyl sites for hydroxylation is 3. The number of hydrogen-bond acceptors (Lipinski definition) is 3. The van der Waals surface area contributed by atoms with Crippen LogP contribution in [-0.2, 0) is 4.79 Å². The summed E-state index contributed by atoms with van der Waals surface area (Å²) in [5, 5.41) is 2.88. The third kappa shape index (κ3) is 3.98. The Morgan fingerprint density at radius 3 is 2.50 bits per heavy atom. The Morgan fingerprint density at radius 1 is 0.933 bits per heavy atom. The fourth-order valence-corrected chi connectivity index (χ4v) is 4.79. The first-order chi connectivity index (χ1) is 14.4. The summed E-state index contributed by atoms with van der Waals surface area (Å²) in [4.78, 5) is 27.2. The van der Waals surface area contributed by atoms with E-state index in [1.165, 1.54) is 5.56 Å². The first-order valence-corrected chi connectivity index (χ1v) is 11.0. The zero-order chi connectivity index (χ0) is 21.3. The van der Waals surface area contributed by atoms with Gasteiger partial charge >= 0.3 is 0 Å². The van der Waals surface area contributed by atoms with Crippen molar-refractivity contribution in [3.05, 3.63) is 94.5 Å². The number of benzene rings is 3. The van der Waals surface area contributed by atoms with Gasteiger partial charge in [0.25, 0.3) is 5.91 Å². The summed E-state index contributed by atoms with van der Waals surface area (Å²) in [6.45, 7) is 6.05. The minimum atomic E-state index is -0.133. The van der Waals surface area contributed by atoms with Crippen LogP contribution in [0.4, 0.5) is 11.4 Å². The first kappa shape index (κ1) is 20.2. The molecule has 0 aliphatic carbocycles. The molecule has 1 N–H and O–H groups in total. The maximum atomic E-state index is 12.7. The van der Waals surface area contributed by atoms with E-state index < -0.39 is 0 Å². The van der Waals surface area contributed by atoms with E-state index in [9.17, 15) is 9.59 Å². The molecule has 1 fully saturated rings. The van der Waals surface area contributed by atoms with E-state index in [0.717, 1.165) is 28.1 Å². The van der Waals surface area contributed by atoms with Crippen LogP contribution >= 0.6 is 11.8 Å². The van der Waals surface area contributed by atoms with Gasteiger partial charge in [0.05, 0.1) is 5.75 Å². The second-order valence-corrected chi connectivity index (χ2v) is 8.66. The number of anilines is 2. The maximum absolute atomic E-state index is 12.7. The monoisotopic (exact) mass is 416 g/mol. The number of nitrogens with one attached hydrogen (secondary N) is 1. The lowest BCUT2D eigenvalue weighted by Crippen LogP contribution is -2.28. The lowest BCUT2D eigenvalue weighted by Gasteiger charge is -2.25. The molecule has 1 aliphatic rings. The molecule has 5 heteroatoms. The van der Waals surface area contributed by atoms with Gasteiger partial charge in [-0.2, -0.15) is 0 Å². The molecule has 152 valence electrons. The van der Waals surface area contributed by atoms with Crippen LogP contribution < -0.4 is 10.2 Å². The second kappa shape index (κ2) is 8.36. The van der Waals surface area contributed by atoms with Crippen molar-refractivity contribution in [2.24, 2.45) is 0 Å². The van der Waals surface area contributed by atoms with Crippen molar-refractivity contribution < 1.29 is 9.59 Å². The molecular weight excluding hydrogens is 392 g/mol. The average Bonchev–Trinajstić information content (AvgIpc) is 3.12. The van der Waals surface area contributed by atoms with Crippen molar-refractivity contribution in [2.45, 2.75) is 26.1 Å². The van der Waals surface area contributed by atoms with E-state index in [0.29, 0.717) is 11.3 Å². The Balaban J connectivity index is 1.61. The summed E-state index contributed by atoms with van der Waals surface area (Å²) in [5.74, 6) is 0.409. The number of thioether (sulfide) groups is 1. The fourth-order valence-electron chi connectivity index (χ4n) is 3.62. The number of nitrogens with zero attached hydrogens (tertiary/aromatic N) is 1. The molecule has 4 rings (SSSR count). The smallest absolute Gasteiger partial charge is 0.255 e. The number of hydrogen-bond donors (Lipinski definition) is 1. The predicted octanol–water partition coefficient (Wildman–Crippen LogP) is 5.64.